The van der Waals surface area contributed by atoms with Crippen LogP contribution in [0.4, 0.5) is 0 Å². The highest BCUT2D eigenvalue weighted by Gasteiger charge is 2.62. The Morgan fingerprint density at radius 1 is 0.554 bits per heavy atom. The fourth-order valence-electron chi connectivity index (χ4n) is 8.57. The number of aromatic amines is 2. The average Bonchev–Trinajstić information content (AvgIpc) is 4.02. The number of alkyl halides is 4. The molecule has 8 nitrogen and oxygen atoms in total. The van der Waals surface area contributed by atoms with E-state index in [0.29, 0.717) is 30.2 Å². The number of likely N-dealkylation sites (N-methyl/N-ethyl adjacent to an activating group) is 4. The van der Waals surface area contributed by atoms with Gasteiger partial charge in [0.05, 0.1) is 22.1 Å². The van der Waals surface area contributed by atoms with Crippen LogP contribution >= 0.6 is 46.4 Å². The van der Waals surface area contributed by atoms with Gasteiger partial charge in [-0.1, -0.05) is 71.8 Å². The SMILES string of the molecule is CN1CC=CC=C1C1=c2ccc([nH]2)=C(C2=CC=CCN2C)c2ccc([nH]2)C(Cl)(C2=CC=CCN2C)C2(Cl)C=CC(=N2)C(Cl)(C2=CC=CCN2C)C2(Cl)C=CC1=N2. The van der Waals surface area contributed by atoms with Crippen LogP contribution in [0, 0.1) is 0 Å². The van der Waals surface area contributed by atoms with Gasteiger partial charge in [-0.3, -0.25) is 9.98 Å². The Hall–Kier alpha value is -4.60. The molecule has 4 atom stereocenters. The van der Waals surface area contributed by atoms with E-state index < -0.39 is 19.7 Å². The minimum Gasteiger partial charge on any atom is -0.372 e. The number of aliphatic imine (C=N–C) groups is 2. The van der Waals surface area contributed by atoms with E-state index in [0.717, 1.165) is 63.4 Å². The molecule has 7 aliphatic heterocycles. The van der Waals surface area contributed by atoms with Crippen LogP contribution in [0.15, 0.2) is 154 Å². The van der Waals surface area contributed by atoms with E-state index in [-0.39, 0.29) is 0 Å². The molecule has 286 valence electrons. The maximum Gasteiger partial charge on any atom is 0.183 e. The number of H-pyrrole nitrogens is 2. The van der Waals surface area contributed by atoms with Crippen molar-refractivity contribution in [1.82, 2.24) is 29.6 Å². The Labute approximate surface area is 347 Å². The fraction of sp³-hybridized carbons (Fsp3) is 0.273. The molecule has 12 heteroatoms. The van der Waals surface area contributed by atoms with Crippen molar-refractivity contribution in [1.29, 1.82) is 0 Å². The first kappa shape index (κ1) is 37.0. The van der Waals surface area contributed by atoms with Crippen molar-refractivity contribution in [3.8, 4) is 0 Å². The van der Waals surface area contributed by atoms with Crippen molar-refractivity contribution in [2.45, 2.75) is 19.7 Å². The Kier molecular flexibility index (Phi) is 8.93. The van der Waals surface area contributed by atoms with Gasteiger partial charge in [0.2, 0.25) is 0 Å². The zero-order valence-corrected chi connectivity index (χ0v) is 34.6. The van der Waals surface area contributed by atoms with E-state index in [4.69, 9.17) is 56.4 Å². The molecule has 4 unspecified atom stereocenters. The van der Waals surface area contributed by atoms with Gasteiger partial charge >= 0.3 is 0 Å². The number of nitrogens with zero attached hydrogens (tertiary/aromatic N) is 6. The van der Waals surface area contributed by atoms with Gasteiger partial charge in [0, 0.05) is 99.7 Å². The molecule has 0 saturated carbocycles. The summed E-state index contributed by atoms with van der Waals surface area (Å²) in [6.45, 7) is 2.76. The molecule has 0 fully saturated rings. The van der Waals surface area contributed by atoms with Crippen molar-refractivity contribution >= 4 is 69.0 Å². The molecule has 0 amide bonds. The first-order valence-electron chi connectivity index (χ1n) is 18.7. The smallest absolute Gasteiger partial charge is 0.183 e. The highest BCUT2D eigenvalue weighted by Crippen LogP contribution is 2.57. The van der Waals surface area contributed by atoms with Crippen molar-refractivity contribution in [2.75, 3.05) is 54.4 Å². The fourth-order valence-corrected chi connectivity index (χ4v) is 10.1. The summed E-state index contributed by atoms with van der Waals surface area (Å²) in [6, 6.07) is 8.33. The molecule has 0 radical (unpaired) electrons. The summed E-state index contributed by atoms with van der Waals surface area (Å²) < 4.78 is 0. The molecule has 7 aliphatic rings. The van der Waals surface area contributed by atoms with Crippen LogP contribution < -0.4 is 10.7 Å². The van der Waals surface area contributed by atoms with Gasteiger partial charge in [-0.2, -0.15) is 0 Å². The van der Waals surface area contributed by atoms with Crippen molar-refractivity contribution in [3.63, 3.8) is 0 Å². The standard InChI is InChI=1S/C44H42Cl4N8/c1-53-25-9-5-13-33(53)39-29-17-18-30(49-29)40(34-14-6-10-26-54(34)2)32-21-23-41(45,51-32)44(48,38-16-8-12-28-56(38)4)36-22-24-42(46,52-36)43(47,35-20-19-31(39)50-35)37-15-7-11-27-55(37)3/h5-24,49-50H,25-28H2,1-4H3. The van der Waals surface area contributed by atoms with Crippen LogP contribution in [0.25, 0.3) is 11.1 Å². The molecule has 0 saturated heterocycles. The van der Waals surface area contributed by atoms with Gasteiger partial charge in [-0.15, -0.1) is 23.2 Å². The number of fused-ring (bicyclic) bond motifs is 6. The molecule has 8 bridgehead atoms. The topological polar surface area (TPSA) is 69.3 Å². The van der Waals surface area contributed by atoms with Gasteiger partial charge in [-0.05, 0) is 72.9 Å². The minimum atomic E-state index is -1.55. The molecule has 0 spiro atoms. The molecule has 2 N–H and O–H groups in total. The first-order valence-corrected chi connectivity index (χ1v) is 20.2. The predicted octanol–water partition coefficient (Wildman–Crippen LogP) is 6.55. The van der Waals surface area contributed by atoms with E-state index in [1.54, 1.807) is 0 Å². The Balaban J connectivity index is 1.42. The van der Waals surface area contributed by atoms with Crippen LogP contribution in [-0.4, -0.2) is 110 Å². The van der Waals surface area contributed by atoms with Crippen molar-refractivity contribution in [2.24, 2.45) is 9.98 Å². The third kappa shape index (κ3) is 5.47. The summed E-state index contributed by atoms with van der Waals surface area (Å²) in [5, 5.41) is 1.79. The summed E-state index contributed by atoms with van der Waals surface area (Å²) in [7, 11) is 8.18. The zero-order valence-electron chi connectivity index (χ0n) is 31.6. The second-order valence-corrected chi connectivity index (χ2v) is 17.4. The van der Waals surface area contributed by atoms with E-state index in [1.807, 2.05) is 68.8 Å². The highest BCUT2D eigenvalue weighted by atomic mass is 35.5. The second-order valence-electron chi connectivity index (χ2n) is 15.1. The summed E-state index contributed by atoms with van der Waals surface area (Å²) in [4.78, 5) is 20.9. The van der Waals surface area contributed by atoms with Gasteiger partial charge in [0.1, 0.15) is 0 Å². The lowest BCUT2D eigenvalue weighted by Gasteiger charge is -2.44. The molecule has 56 heavy (non-hydrogen) atoms. The summed E-state index contributed by atoms with van der Waals surface area (Å²) in [5.41, 5.74) is 8.07. The van der Waals surface area contributed by atoms with E-state index >= 15 is 0 Å². The molecule has 0 aliphatic carbocycles. The quantitative estimate of drug-likeness (QED) is 0.271. The van der Waals surface area contributed by atoms with Gasteiger partial charge < -0.3 is 29.6 Å². The van der Waals surface area contributed by atoms with E-state index in [9.17, 15) is 0 Å². The van der Waals surface area contributed by atoms with E-state index in [2.05, 4.69) is 110 Å². The normalized spacial score (nSPS) is 30.9. The van der Waals surface area contributed by atoms with Crippen LogP contribution in [-0.2, 0) is 4.87 Å². The number of hydrogen-bond donors (Lipinski definition) is 2. The number of halogens is 4. The molecule has 0 aromatic carbocycles. The lowest BCUT2D eigenvalue weighted by atomic mass is 9.87. The molecule has 9 heterocycles. The predicted molar refractivity (Wildman–Crippen MR) is 233 cm³/mol. The first-order chi connectivity index (χ1) is 26.9. The van der Waals surface area contributed by atoms with Crippen molar-refractivity contribution < 1.29 is 0 Å². The maximum atomic E-state index is 8.13. The Morgan fingerprint density at radius 2 is 1.07 bits per heavy atom. The summed E-state index contributed by atoms with van der Waals surface area (Å²) >= 11 is 32.0. The molecular weight excluding hydrogens is 782 g/mol. The molecule has 9 rings (SSSR count). The Bertz CT molecular complexity index is 2540. The average molecular weight is 825 g/mol. The second kappa shape index (κ2) is 13.5. The highest BCUT2D eigenvalue weighted by molar-refractivity contribution is 6.50. The molecule has 2 aromatic rings. The molecule has 2 aromatic heterocycles. The van der Waals surface area contributed by atoms with Crippen LogP contribution in [0.5, 0.6) is 0 Å². The zero-order chi connectivity index (χ0) is 39.0. The summed E-state index contributed by atoms with van der Waals surface area (Å²) in [6.07, 6.45) is 32.4. The monoisotopic (exact) mass is 822 g/mol. The Morgan fingerprint density at radius 3 is 1.68 bits per heavy atom. The van der Waals surface area contributed by atoms with Gasteiger partial charge in [0.25, 0.3) is 0 Å². The number of allylic oxidation sites excluding steroid dienone is 12. The van der Waals surface area contributed by atoms with Crippen LogP contribution in [0.1, 0.15) is 11.4 Å². The third-order valence-electron chi connectivity index (χ3n) is 11.6. The van der Waals surface area contributed by atoms with E-state index in [1.165, 1.54) is 0 Å². The number of aromatic nitrogens is 2. The van der Waals surface area contributed by atoms with Crippen LogP contribution in [0.3, 0.4) is 0 Å². The largest absolute Gasteiger partial charge is 0.372 e. The third-order valence-corrected chi connectivity index (χ3v) is 14.1. The number of rotatable bonds is 4. The van der Waals surface area contributed by atoms with Crippen molar-refractivity contribution in [3.05, 3.63) is 166 Å². The maximum absolute atomic E-state index is 8.13. The molecular formula is C44H42Cl4N8. The van der Waals surface area contributed by atoms with Gasteiger partial charge in [0.15, 0.2) is 19.7 Å². The lowest BCUT2D eigenvalue weighted by molar-refractivity contribution is 0.371. The number of nitrogens with one attached hydrogen (secondary N) is 2. The van der Waals surface area contributed by atoms with Gasteiger partial charge in [-0.25, -0.2) is 0 Å². The lowest BCUT2D eigenvalue weighted by Crippen LogP contribution is -2.54. The minimum absolute atomic E-state index is 0.444. The number of hydrogen-bond acceptors (Lipinski definition) is 6. The van der Waals surface area contributed by atoms with Crippen LogP contribution in [0.2, 0.25) is 0 Å². The summed E-state index contributed by atoms with van der Waals surface area (Å²) in [5.74, 6) is 0.